The lowest BCUT2D eigenvalue weighted by molar-refractivity contribution is -0.146. The Labute approximate surface area is 119 Å². The second-order valence-electron chi connectivity index (χ2n) is 4.46. The number of aryl methyl sites for hydroxylation is 1. The standard InChI is InChI=1S/C15H21NO4/c1-4-19-15(18)12(3)16-14(17)8-9-20-13-7-5-6-11(2)10-13/h5-7,10,12H,4,8-9H2,1-3H3,(H,16,17). The van der Waals surface area contributed by atoms with E-state index in [1.54, 1.807) is 13.8 Å². The van der Waals surface area contributed by atoms with Crippen LogP contribution >= 0.6 is 0 Å². The largest absolute Gasteiger partial charge is 0.493 e. The summed E-state index contributed by atoms with van der Waals surface area (Å²) in [6.07, 6.45) is 0.192. The van der Waals surface area contributed by atoms with E-state index in [0.29, 0.717) is 6.61 Å². The SMILES string of the molecule is CCOC(=O)C(C)NC(=O)CCOc1cccc(C)c1. The van der Waals surface area contributed by atoms with Gasteiger partial charge in [0.05, 0.1) is 19.6 Å². The third-order valence-corrected chi connectivity index (χ3v) is 2.61. The van der Waals surface area contributed by atoms with Gasteiger partial charge < -0.3 is 14.8 Å². The van der Waals surface area contributed by atoms with Crippen molar-refractivity contribution in [1.29, 1.82) is 0 Å². The molecule has 5 heteroatoms. The number of benzene rings is 1. The maximum absolute atomic E-state index is 11.6. The van der Waals surface area contributed by atoms with Gasteiger partial charge in [-0.25, -0.2) is 4.79 Å². The Kier molecular flexibility index (Phi) is 6.56. The van der Waals surface area contributed by atoms with Crippen LogP contribution in [0.5, 0.6) is 5.75 Å². The van der Waals surface area contributed by atoms with Gasteiger partial charge in [0.15, 0.2) is 0 Å². The number of ether oxygens (including phenoxy) is 2. The zero-order valence-corrected chi connectivity index (χ0v) is 12.1. The van der Waals surface area contributed by atoms with E-state index < -0.39 is 12.0 Å². The number of carbonyl (C=O) groups excluding carboxylic acids is 2. The number of hydrogen-bond donors (Lipinski definition) is 1. The Morgan fingerprint density at radius 1 is 1.35 bits per heavy atom. The van der Waals surface area contributed by atoms with Crippen LogP contribution in [0.25, 0.3) is 0 Å². The fraction of sp³-hybridized carbons (Fsp3) is 0.467. The Morgan fingerprint density at radius 2 is 2.10 bits per heavy atom. The van der Waals surface area contributed by atoms with Crippen LogP contribution in [-0.4, -0.2) is 31.1 Å². The van der Waals surface area contributed by atoms with E-state index in [9.17, 15) is 9.59 Å². The van der Waals surface area contributed by atoms with Gasteiger partial charge in [0.2, 0.25) is 5.91 Å². The highest BCUT2D eigenvalue weighted by molar-refractivity contribution is 5.84. The molecule has 0 fully saturated rings. The minimum Gasteiger partial charge on any atom is -0.493 e. The number of rotatable bonds is 7. The Balaban J connectivity index is 2.28. The van der Waals surface area contributed by atoms with E-state index in [4.69, 9.17) is 9.47 Å². The maximum atomic E-state index is 11.6. The van der Waals surface area contributed by atoms with E-state index >= 15 is 0 Å². The van der Waals surface area contributed by atoms with E-state index in [2.05, 4.69) is 5.32 Å². The molecule has 1 aromatic rings. The minimum absolute atomic E-state index is 0.192. The smallest absolute Gasteiger partial charge is 0.328 e. The first kappa shape index (κ1) is 16.0. The molecule has 1 unspecified atom stereocenters. The predicted molar refractivity (Wildman–Crippen MR) is 75.5 cm³/mol. The van der Waals surface area contributed by atoms with Gasteiger partial charge in [0.25, 0.3) is 0 Å². The summed E-state index contributed by atoms with van der Waals surface area (Å²) in [5.41, 5.74) is 1.10. The molecule has 0 aliphatic carbocycles. The number of nitrogens with one attached hydrogen (secondary N) is 1. The van der Waals surface area contributed by atoms with Crippen molar-refractivity contribution in [3.63, 3.8) is 0 Å². The van der Waals surface area contributed by atoms with Gasteiger partial charge in [-0.2, -0.15) is 0 Å². The fourth-order valence-corrected chi connectivity index (χ4v) is 1.61. The van der Waals surface area contributed by atoms with Gasteiger partial charge in [0.1, 0.15) is 11.8 Å². The first-order chi connectivity index (χ1) is 9.52. The molecule has 1 aromatic carbocycles. The average molecular weight is 279 g/mol. The molecule has 0 radical (unpaired) electrons. The first-order valence-electron chi connectivity index (χ1n) is 6.68. The molecule has 0 bridgehead atoms. The monoisotopic (exact) mass is 279 g/mol. The molecule has 0 aliphatic heterocycles. The zero-order valence-electron chi connectivity index (χ0n) is 12.1. The molecule has 0 aliphatic rings. The summed E-state index contributed by atoms with van der Waals surface area (Å²) < 4.78 is 10.3. The Morgan fingerprint density at radius 3 is 2.75 bits per heavy atom. The van der Waals surface area contributed by atoms with Crippen LogP contribution in [0.1, 0.15) is 25.8 Å². The molecule has 0 heterocycles. The molecule has 0 saturated heterocycles. The molecular formula is C15H21NO4. The van der Waals surface area contributed by atoms with Gasteiger partial charge in [-0.1, -0.05) is 12.1 Å². The van der Waals surface area contributed by atoms with Gasteiger partial charge in [0, 0.05) is 0 Å². The summed E-state index contributed by atoms with van der Waals surface area (Å²) in [4.78, 5) is 23.0. The molecule has 1 atom stereocenters. The van der Waals surface area contributed by atoms with Crippen molar-refractivity contribution in [1.82, 2.24) is 5.32 Å². The lowest BCUT2D eigenvalue weighted by atomic mass is 10.2. The molecule has 20 heavy (non-hydrogen) atoms. The molecule has 1 amide bonds. The Hall–Kier alpha value is -2.04. The second kappa shape index (κ2) is 8.19. The fourth-order valence-electron chi connectivity index (χ4n) is 1.61. The van der Waals surface area contributed by atoms with Crippen LogP contribution in [0.4, 0.5) is 0 Å². The number of esters is 1. The predicted octanol–water partition coefficient (Wildman–Crippen LogP) is 1.83. The van der Waals surface area contributed by atoms with Gasteiger partial charge >= 0.3 is 5.97 Å². The first-order valence-corrected chi connectivity index (χ1v) is 6.68. The molecular weight excluding hydrogens is 258 g/mol. The summed E-state index contributed by atoms with van der Waals surface area (Å²) >= 11 is 0. The second-order valence-corrected chi connectivity index (χ2v) is 4.46. The number of carbonyl (C=O) groups is 2. The van der Waals surface area contributed by atoms with Crippen LogP contribution < -0.4 is 10.1 Å². The van der Waals surface area contributed by atoms with Crippen LogP contribution in [0.15, 0.2) is 24.3 Å². The summed E-state index contributed by atoms with van der Waals surface area (Å²) in [5.74, 6) is 0.0647. The van der Waals surface area contributed by atoms with Gasteiger partial charge in [-0.15, -0.1) is 0 Å². The minimum atomic E-state index is -0.638. The molecule has 0 spiro atoms. The van der Waals surface area contributed by atoms with E-state index in [1.165, 1.54) is 0 Å². The molecule has 1 N–H and O–H groups in total. The molecule has 5 nitrogen and oxygen atoms in total. The van der Waals surface area contributed by atoms with Gasteiger partial charge in [-0.3, -0.25) is 4.79 Å². The lowest BCUT2D eigenvalue weighted by Crippen LogP contribution is -2.40. The maximum Gasteiger partial charge on any atom is 0.328 e. The highest BCUT2D eigenvalue weighted by Crippen LogP contribution is 2.12. The highest BCUT2D eigenvalue weighted by Gasteiger charge is 2.16. The molecule has 110 valence electrons. The van der Waals surface area contributed by atoms with Crippen molar-refractivity contribution in [3.8, 4) is 5.75 Å². The summed E-state index contributed by atoms with van der Waals surface area (Å²) in [5, 5.41) is 2.57. The highest BCUT2D eigenvalue weighted by atomic mass is 16.5. The van der Waals surface area contributed by atoms with Crippen LogP contribution in [-0.2, 0) is 14.3 Å². The third-order valence-electron chi connectivity index (χ3n) is 2.61. The van der Waals surface area contributed by atoms with Crippen molar-refractivity contribution in [3.05, 3.63) is 29.8 Å². The van der Waals surface area contributed by atoms with Gasteiger partial charge in [-0.05, 0) is 38.5 Å². The van der Waals surface area contributed by atoms with Crippen molar-refractivity contribution in [2.45, 2.75) is 33.2 Å². The van der Waals surface area contributed by atoms with Crippen LogP contribution in [0.2, 0.25) is 0 Å². The zero-order chi connectivity index (χ0) is 15.0. The van der Waals surface area contributed by atoms with Crippen LogP contribution in [0, 0.1) is 6.92 Å². The molecule has 0 saturated carbocycles. The Bertz CT molecular complexity index is 459. The van der Waals surface area contributed by atoms with Crippen LogP contribution in [0.3, 0.4) is 0 Å². The topological polar surface area (TPSA) is 64.6 Å². The van der Waals surface area contributed by atoms with Crippen molar-refractivity contribution < 1.29 is 19.1 Å². The molecule has 0 aromatic heterocycles. The number of hydrogen-bond acceptors (Lipinski definition) is 4. The van der Waals surface area contributed by atoms with Crippen molar-refractivity contribution in [2.75, 3.05) is 13.2 Å². The quantitative estimate of drug-likeness (QED) is 0.773. The van der Waals surface area contributed by atoms with Crippen molar-refractivity contribution >= 4 is 11.9 Å². The number of amides is 1. The third kappa shape index (κ3) is 5.73. The van der Waals surface area contributed by atoms with E-state index in [1.807, 2.05) is 31.2 Å². The average Bonchev–Trinajstić information content (AvgIpc) is 2.39. The summed E-state index contributed by atoms with van der Waals surface area (Å²) in [7, 11) is 0. The summed E-state index contributed by atoms with van der Waals surface area (Å²) in [6, 6.07) is 6.97. The summed E-state index contributed by atoms with van der Waals surface area (Å²) in [6.45, 7) is 5.86. The lowest BCUT2D eigenvalue weighted by Gasteiger charge is -2.12. The van der Waals surface area contributed by atoms with E-state index in [0.717, 1.165) is 11.3 Å². The molecule has 1 rings (SSSR count). The van der Waals surface area contributed by atoms with Crippen molar-refractivity contribution in [2.24, 2.45) is 0 Å². The van der Waals surface area contributed by atoms with E-state index in [-0.39, 0.29) is 18.9 Å². The normalized spacial score (nSPS) is 11.6.